The van der Waals surface area contributed by atoms with Gasteiger partial charge in [0.15, 0.2) is 23.2 Å². The lowest BCUT2D eigenvalue weighted by Gasteiger charge is -2.10. The van der Waals surface area contributed by atoms with Crippen LogP contribution >= 0.6 is 0 Å². The van der Waals surface area contributed by atoms with Crippen LogP contribution in [0.25, 0.3) is 11.4 Å². The molecule has 0 aliphatic rings. The Morgan fingerprint density at radius 2 is 1.76 bits per heavy atom. The predicted molar refractivity (Wildman–Crippen MR) is 118 cm³/mol. The van der Waals surface area contributed by atoms with Crippen molar-refractivity contribution in [3.8, 4) is 23.0 Å². The van der Waals surface area contributed by atoms with Gasteiger partial charge in [-0.2, -0.15) is 4.98 Å². The summed E-state index contributed by atoms with van der Waals surface area (Å²) in [5.74, 6) is -4.58. The van der Waals surface area contributed by atoms with Crippen LogP contribution in [0.2, 0.25) is 0 Å². The van der Waals surface area contributed by atoms with Crippen LogP contribution in [0.1, 0.15) is 21.6 Å². The van der Waals surface area contributed by atoms with Gasteiger partial charge < -0.3 is 20.1 Å². The van der Waals surface area contributed by atoms with E-state index in [1.165, 1.54) is 16.7 Å². The molecule has 34 heavy (non-hydrogen) atoms. The highest BCUT2D eigenvalue weighted by Gasteiger charge is 2.20. The van der Waals surface area contributed by atoms with Crippen molar-refractivity contribution >= 4 is 5.91 Å². The number of aromatic hydroxyl groups is 2. The molecule has 4 aromatic rings. The van der Waals surface area contributed by atoms with Gasteiger partial charge in [0.25, 0.3) is 17.3 Å². The molecule has 10 heteroatoms. The summed E-state index contributed by atoms with van der Waals surface area (Å²) in [6.07, 6.45) is 1.65. The van der Waals surface area contributed by atoms with Crippen LogP contribution in [0.4, 0.5) is 8.78 Å². The highest BCUT2D eigenvalue weighted by molar-refractivity contribution is 5.95. The molecule has 2 aromatic carbocycles. The minimum atomic E-state index is -1.06. The number of carbonyl (C=O) groups is 1. The Kier molecular flexibility index (Phi) is 6.30. The molecule has 2 aromatic heterocycles. The largest absolute Gasteiger partial charge is 0.501 e. The smallest absolute Gasteiger partial charge is 0.274 e. The zero-order valence-electron chi connectivity index (χ0n) is 17.6. The molecule has 0 saturated carbocycles. The molecule has 0 aliphatic heterocycles. The van der Waals surface area contributed by atoms with E-state index < -0.39 is 34.9 Å². The third-order valence-electron chi connectivity index (χ3n) is 4.95. The van der Waals surface area contributed by atoms with Crippen LogP contribution in [0.3, 0.4) is 0 Å². The number of hydrogen-bond donors (Lipinski definition) is 3. The number of amides is 1. The van der Waals surface area contributed by atoms with Crippen LogP contribution in [0.15, 0.2) is 71.7 Å². The topological polar surface area (TPSA) is 117 Å². The lowest BCUT2D eigenvalue weighted by Crippen LogP contribution is -2.24. The lowest BCUT2D eigenvalue weighted by atomic mass is 10.1. The van der Waals surface area contributed by atoms with Crippen LogP contribution in [-0.4, -0.2) is 30.7 Å². The van der Waals surface area contributed by atoms with Crippen molar-refractivity contribution in [2.75, 3.05) is 0 Å². The Morgan fingerprint density at radius 1 is 0.941 bits per heavy atom. The number of nitrogens with one attached hydrogen (secondary N) is 1. The van der Waals surface area contributed by atoms with Crippen molar-refractivity contribution in [1.29, 1.82) is 0 Å². The number of halogens is 2. The van der Waals surface area contributed by atoms with Gasteiger partial charge in [0.05, 0.1) is 6.54 Å². The second-order valence-electron chi connectivity index (χ2n) is 7.37. The highest BCUT2D eigenvalue weighted by Crippen LogP contribution is 2.29. The van der Waals surface area contributed by atoms with Crippen molar-refractivity contribution in [3.05, 3.63) is 106 Å². The third-order valence-corrected chi connectivity index (χ3v) is 4.95. The first kappa shape index (κ1) is 22.6. The van der Waals surface area contributed by atoms with Gasteiger partial charge in [-0.05, 0) is 35.4 Å². The Bertz CT molecular complexity index is 1440. The minimum Gasteiger partial charge on any atom is -0.501 e. The molecule has 0 fully saturated rings. The van der Waals surface area contributed by atoms with E-state index in [1.54, 1.807) is 42.6 Å². The van der Waals surface area contributed by atoms with E-state index in [2.05, 4.69) is 15.3 Å². The second kappa shape index (κ2) is 9.49. The molecule has 2 heterocycles. The van der Waals surface area contributed by atoms with Gasteiger partial charge in [0.1, 0.15) is 0 Å². The summed E-state index contributed by atoms with van der Waals surface area (Å²) >= 11 is 0. The molecule has 4 rings (SSSR count). The van der Waals surface area contributed by atoms with Gasteiger partial charge in [0, 0.05) is 24.4 Å². The maximum atomic E-state index is 13.4. The number of pyridine rings is 1. The maximum Gasteiger partial charge on any atom is 0.274 e. The Balaban J connectivity index is 1.59. The number of hydrogen-bond acceptors (Lipinski definition) is 6. The molecule has 0 radical (unpaired) electrons. The average Bonchev–Trinajstić information content (AvgIpc) is 2.83. The lowest BCUT2D eigenvalue weighted by molar-refractivity contribution is 0.0941. The predicted octanol–water partition coefficient (Wildman–Crippen LogP) is 2.97. The molecule has 0 aliphatic carbocycles. The van der Waals surface area contributed by atoms with Crippen molar-refractivity contribution in [1.82, 2.24) is 19.9 Å². The first-order valence-corrected chi connectivity index (χ1v) is 10.1. The maximum absolute atomic E-state index is 13.4. The van der Waals surface area contributed by atoms with E-state index in [0.717, 1.165) is 17.7 Å². The normalized spacial score (nSPS) is 10.8. The van der Waals surface area contributed by atoms with Crippen molar-refractivity contribution in [2.24, 2.45) is 0 Å². The molecule has 3 N–H and O–H groups in total. The highest BCUT2D eigenvalue weighted by atomic mass is 19.2. The molecular weight excluding hydrogens is 446 g/mol. The molecule has 0 saturated heterocycles. The van der Waals surface area contributed by atoms with E-state index in [9.17, 15) is 28.6 Å². The fourth-order valence-corrected chi connectivity index (χ4v) is 3.24. The number of aromatic nitrogens is 3. The molecule has 0 unspecified atom stereocenters. The number of carbonyl (C=O) groups excluding carboxylic acids is 1. The van der Waals surface area contributed by atoms with Gasteiger partial charge in [-0.15, -0.1) is 0 Å². The van der Waals surface area contributed by atoms with E-state index in [0.29, 0.717) is 5.56 Å². The number of rotatable bonds is 6. The fraction of sp³-hybridized carbons (Fsp3) is 0.0833. The summed E-state index contributed by atoms with van der Waals surface area (Å²) in [5, 5.41) is 22.6. The number of benzene rings is 2. The first-order valence-electron chi connectivity index (χ1n) is 10.1. The first-order chi connectivity index (χ1) is 16.3. The zero-order chi connectivity index (χ0) is 24.2. The molecule has 0 atom stereocenters. The molecule has 8 nitrogen and oxygen atoms in total. The Labute approximate surface area is 191 Å². The molecule has 0 spiro atoms. The van der Waals surface area contributed by atoms with Gasteiger partial charge in [-0.1, -0.05) is 30.3 Å². The second-order valence-corrected chi connectivity index (χ2v) is 7.37. The SMILES string of the molecule is O=C(NCc1ccc(F)c(F)c1)c1nc(-c2cccc(Cn3ccccc3=O)c2)nc(O)c1O. The minimum absolute atomic E-state index is 0.0319. The van der Waals surface area contributed by atoms with Crippen LogP contribution < -0.4 is 10.9 Å². The monoisotopic (exact) mass is 464 g/mol. The molecule has 1 amide bonds. The summed E-state index contributed by atoms with van der Waals surface area (Å²) in [4.78, 5) is 32.5. The quantitative estimate of drug-likeness (QED) is 0.404. The third kappa shape index (κ3) is 4.90. The van der Waals surface area contributed by atoms with Crippen molar-refractivity contribution in [3.63, 3.8) is 0 Å². The Morgan fingerprint density at radius 3 is 2.53 bits per heavy atom. The molecular formula is C24H18F2N4O4. The van der Waals surface area contributed by atoms with E-state index in [4.69, 9.17) is 0 Å². The standard InChI is InChI=1S/C24H18F2N4O4/c25-17-8-7-14(11-18(17)26)12-27-23(33)20-21(32)24(34)29-22(28-20)16-5-3-4-15(10-16)13-30-9-2-1-6-19(30)31/h1-11,32H,12-13H2,(H,27,33)(H,28,29,34). The van der Waals surface area contributed by atoms with E-state index in [1.807, 2.05) is 0 Å². The van der Waals surface area contributed by atoms with Gasteiger partial charge in [0.2, 0.25) is 5.75 Å². The van der Waals surface area contributed by atoms with Crippen LogP contribution in [-0.2, 0) is 13.1 Å². The summed E-state index contributed by atoms with van der Waals surface area (Å²) in [6, 6.07) is 14.8. The molecule has 172 valence electrons. The van der Waals surface area contributed by atoms with E-state index >= 15 is 0 Å². The number of nitrogens with zero attached hydrogens (tertiary/aromatic N) is 3. The summed E-state index contributed by atoms with van der Waals surface area (Å²) in [6.45, 7) is 0.107. The zero-order valence-corrected chi connectivity index (χ0v) is 17.6. The van der Waals surface area contributed by atoms with Gasteiger partial charge in [-0.3, -0.25) is 9.59 Å². The van der Waals surface area contributed by atoms with E-state index in [-0.39, 0.29) is 30.0 Å². The van der Waals surface area contributed by atoms with Gasteiger partial charge >= 0.3 is 0 Å². The van der Waals surface area contributed by atoms with Crippen LogP contribution in [0.5, 0.6) is 11.6 Å². The van der Waals surface area contributed by atoms with Crippen molar-refractivity contribution < 1.29 is 23.8 Å². The summed E-state index contributed by atoms with van der Waals surface area (Å²) in [7, 11) is 0. The van der Waals surface area contributed by atoms with Crippen LogP contribution in [0, 0.1) is 11.6 Å². The van der Waals surface area contributed by atoms with Gasteiger partial charge in [-0.25, -0.2) is 13.8 Å². The average molecular weight is 464 g/mol. The van der Waals surface area contributed by atoms with Crippen molar-refractivity contribution in [2.45, 2.75) is 13.1 Å². The summed E-state index contributed by atoms with van der Waals surface area (Å²) in [5.41, 5.74) is 0.799. The Hall–Kier alpha value is -4.60. The molecule has 0 bridgehead atoms. The fourth-order valence-electron chi connectivity index (χ4n) is 3.24. The summed E-state index contributed by atoms with van der Waals surface area (Å²) < 4.78 is 28.0.